The van der Waals surface area contributed by atoms with Gasteiger partial charge in [-0.1, -0.05) is 0 Å². The molecule has 1 atom stereocenters. The molecule has 0 amide bonds. The molecule has 0 aromatic carbocycles. The second kappa shape index (κ2) is 4.15. The quantitative estimate of drug-likeness (QED) is 0.458. The molecule has 0 heterocycles. The van der Waals surface area contributed by atoms with Crippen molar-refractivity contribution in [3.8, 4) is 0 Å². The van der Waals surface area contributed by atoms with Gasteiger partial charge in [-0.2, -0.15) is 0 Å². The van der Waals surface area contributed by atoms with Gasteiger partial charge in [0.05, 0.1) is 0 Å². The van der Waals surface area contributed by atoms with Gasteiger partial charge in [-0.3, -0.25) is 0 Å². The maximum atomic E-state index is 8.35. The predicted octanol–water partition coefficient (Wildman–Crippen LogP) is -0.754. The zero-order chi connectivity index (χ0) is 5.70. The number of aliphatic hydroxyl groups excluding tert-OH is 2. The third kappa shape index (κ3) is 5.98. The average molecular weight is 99.9 g/mol. The lowest BCUT2D eigenvalue weighted by Gasteiger charge is -1.98. The van der Waals surface area contributed by atoms with Crippen LogP contribution in [-0.4, -0.2) is 30.7 Å². The third-order valence-electron chi connectivity index (χ3n) is 0.658. The molecule has 3 heteroatoms. The molecule has 0 bridgehead atoms. The van der Waals surface area contributed by atoms with Crippen molar-refractivity contribution in [1.29, 1.82) is 0 Å². The van der Waals surface area contributed by atoms with E-state index in [4.69, 9.17) is 18.1 Å². The Labute approximate surface area is 44.6 Å². The first-order valence-corrected chi connectivity index (χ1v) is 2.32. The van der Waals surface area contributed by atoms with Crippen LogP contribution in [0.3, 0.4) is 0 Å². The molecule has 2 radical (unpaired) electrons. The normalized spacial score (nSPS) is 14.0. The standard InChI is InChI=1S/C4H9BO2/c5-4(7)2-1-3-6/h4,6-7H,1-3H2. The molecular weight excluding hydrogens is 90.9 g/mol. The fourth-order valence-corrected chi connectivity index (χ4v) is 0.300. The Hall–Kier alpha value is -0.0151. The van der Waals surface area contributed by atoms with Gasteiger partial charge in [-0.05, 0) is 12.8 Å². The zero-order valence-electron chi connectivity index (χ0n) is 4.17. The van der Waals surface area contributed by atoms with Crippen molar-refractivity contribution < 1.29 is 10.2 Å². The van der Waals surface area contributed by atoms with Crippen molar-refractivity contribution in [3.63, 3.8) is 0 Å². The molecule has 0 aromatic rings. The second-order valence-corrected chi connectivity index (χ2v) is 1.43. The van der Waals surface area contributed by atoms with Crippen LogP contribution in [0.5, 0.6) is 0 Å². The summed E-state index contributed by atoms with van der Waals surface area (Å²) in [5.74, 6) is 0. The van der Waals surface area contributed by atoms with E-state index in [0.29, 0.717) is 12.8 Å². The van der Waals surface area contributed by atoms with Gasteiger partial charge < -0.3 is 10.2 Å². The van der Waals surface area contributed by atoms with Gasteiger partial charge in [-0.15, -0.1) is 0 Å². The number of hydrogen-bond donors (Lipinski definition) is 2. The van der Waals surface area contributed by atoms with E-state index < -0.39 is 6.00 Å². The van der Waals surface area contributed by atoms with Gasteiger partial charge in [0.15, 0.2) is 0 Å². The minimum Gasteiger partial charge on any atom is -0.403 e. The lowest BCUT2D eigenvalue weighted by Crippen LogP contribution is -2.05. The van der Waals surface area contributed by atoms with E-state index in [0.717, 1.165) is 0 Å². The first-order chi connectivity index (χ1) is 3.27. The summed E-state index contributed by atoms with van der Waals surface area (Å²) < 4.78 is 0. The maximum Gasteiger partial charge on any atom is 0.108 e. The van der Waals surface area contributed by atoms with Crippen LogP contribution in [0.4, 0.5) is 0 Å². The summed E-state index contributed by atoms with van der Waals surface area (Å²) in [5.41, 5.74) is 0. The lowest BCUT2D eigenvalue weighted by atomic mass is 9.96. The van der Waals surface area contributed by atoms with Crippen molar-refractivity contribution in [3.05, 3.63) is 0 Å². The van der Waals surface area contributed by atoms with Crippen LogP contribution < -0.4 is 0 Å². The van der Waals surface area contributed by atoms with Crippen LogP contribution >= 0.6 is 0 Å². The Balaban J connectivity index is 2.68. The van der Waals surface area contributed by atoms with Crippen molar-refractivity contribution in [2.24, 2.45) is 0 Å². The topological polar surface area (TPSA) is 40.5 Å². The lowest BCUT2D eigenvalue weighted by molar-refractivity contribution is 0.215. The smallest absolute Gasteiger partial charge is 0.108 e. The Morgan fingerprint density at radius 3 is 2.29 bits per heavy atom. The Morgan fingerprint density at radius 2 is 2.14 bits per heavy atom. The van der Waals surface area contributed by atoms with E-state index in [9.17, 15) is 0 Å². The first kappa shape index (κ1) is 6.98. The molecule has 0 aliphatic carbocycles. The molecule has 0 aromatic heterocycles. The van der Waals surface area contributed by atoms with E-state index in [1.165, 1.54) is 0 Å². The van der Waals surface area contributed by atoms with Gasteiger partial charge in [0.1, 0.15) is 7.85 Å². The third-order valence-corrected chi connectivity index (χ3v) is 0.658. The van der Waals surface area contributed by atoms with Crippen LogP contribution in [0.2, 0.25) is 0 Å². The summed E-state index contributed by atoms with van der Waals surface area (Å²) in [7, 11) is 4.92. The highest BCUT2D eigenvalue weighted by Crippen LogP contribution is 1.88. The average Bonchev–Trinajstić information content (AvgIpc) is 1.61. The molecule has 2 N–H and O–H groups in total. The maximum absolute atomic E-state index is 8.35. The molecule has 0 saturated heterocycles. The summed E-state index contributed by atoms with van der Waals surface area (Å²) in [6, 6.07) is -0.757. The van der Waals surface area contributed by atoms with Crippen LogP contribution in [0.1, 0.15) is 12.8 Å². The Kier molecular flexibility index (Phi) is 4.14. The first-order valence-electron chi connectivity index (χ1n) is 2.32. The summed E-state index contributed by atoms with van der Waals surface area (Å²) >= 11 is 0. The number of rotatable bonds is 3. The van der Waals surface area contributed by atoms with E-state index in [1.807, 2.05) is 0 Å². The SMILES string of the molecule is [B]C(O)CCCO. The zero-order valence-corrected chi connectivity index (χ0v) is 4.17. The summed E-state index contributed by atoms with van der Waals surface area (Å²) in [6.45, 7) is 0.105. The van der Waals surface area contributed by atoms with Gasteiger partial charge in [0.2, 0.25) is 0 Å². The van der Waals surface area contributed by atoms with Gasteiger partial charge in [0.25, 0.3) is 0 Å². The van der Waals surface area contributed by atoms with Crippen LogP contribution in [0, 0.1) is 0 Å². The fourth-order valence-electron chi connectivity index (χ4n) is 0.300. The molecule has 0 aliphatic rings. The molecule has 0 aliphatic heterocycles. The van der Waals surface area contributed by atoms with Crippen molar-refractivity contribution in [2.75, 3.05) is 6.61 Å². The molecular formula is C4H9BO2. The minimum absolute atomic E-state index is 0.105. The summed E-state index contributed by atoms with van der Waals surface area (Å²) in [5, 5.41) is 16.5. The predicted molar refractivity (Wildman–Crippen MR) is 28.1 cm³/mol. The Morgan fingerprint density at radius 1 is 1.57 bits per heavy atom. The highest BCUT2D eigenvalue weighted by Gasteiger charge is 1.90. The fraction of sp³-hybridized carbons (Fsp3) is 1.00. The highest BCUT2D eigenvalue weighted by atomic mass is 16.3. The molecule has 0 rings (SSSR count). The minimum atomic E-state index is -0.757. The molecule has 40 valence electrons. The van der Waals surface area contributed by atoms with E-state index in [1.54, 1.807) is 0 Å². The summed E-state index contributed by atoms with van der Waals surface area (Å²) in [6.07, 6.45) is 1.06. The van der Waals surface area contributed by atoms with Gasteiger partial charge in [-0.25, -0.2) is 0 Å². The van der Waals surface area contributed by atoms with E-state index in [-0.39, 0.29) is 6.61 Å². The molecule has 2 nitrogen and oxygen atoms in total. The van der Waals surface area contributed by atoms with Crippen LogP contribution in [0.25, 0.3) is 0 Å². The summed E-state index contributed by atoms with van der Waals surface area (Å²) in [4.78, 5) is 0. The van der Waals surface area contributed by atoms with Gasteiger partial charge in [0, 0.05) is 12.6 Å². The largest absolute Gasteiger partial charge is 0.403 e. The molecule has 0 spiro atoms. The number of aliphatic hydroxyl groups is 2. The van der Waals surface area contributed by atoms with Crippen molar-refractivity contribution >= 4 is 7.85 Å². The highest BCUT2D eigenvalue weighted by molar-refractivity contribution is 6.10. The second-order valence-electron chi connectivity index (χ2n) is 1.43. The molecule has 0 fully saturated rings. The molecule has 1 unspecified atom stereocenters. The monoisotopic (exact) mass is 100 g/mol. The van der Waals surface area contributed by atoms with E-state index >= 15 is 0 Å². The van der Waals surface area contributed by atoms with Crippen molar-refractivity contribution in [2.45, 2.75) is 18.8 Å². The van der Waals surface area contributed by atoms with Crippen LogP contribution in [0.15, 0.2) is 0 Å². The van der Waals surface area contributed by atoms with Crippen molar-refractivity contribution in [1.82, 2.24) is 0 Å². The molecule has 0 saturated carbocycles. The number of hydrogen-bond acceptors (Lipinski definition) is 2. The molecule has 7 heavy (non-hydrogen) atoms. The van der Waals surface area contributed by atoms with E-state index in [2.05, 4.69) is 0 Å². The Bertz CT molecular complexity index is 38.7. The van der Waals surface area contributed by atoms with Gasteiger partial charge >= 0.3 is 0 Å². The van der Waals surface area contributed by atoms with Crippen LogP contribution in [-0.2, 0) is 0 Å².